The number of nitrogens with zero attached hydrogens (tertiary/aromatic N) is 1. The maximum absolute atomic E-state index is 12.4. The minimum Gasteiger partial charge on any atom is -0.480 e. The molecule has 0 aliphatic carbocycles. The summed E-state index contributed by atoms with van der Waals surface area (Å²) in [4.78, 5) is 14.5. The molecule has 4 nitrogen and oxygen atoms in total. The van der Waals surface area contributed by atoms with Gasteiger partial charge < -0.3 is 10.5 Å². The summed E-state index contributed by atoms with van der Waals surface area (Å²) in [6.45, 7) is 0. The average Bonchev–Trinajstić information content (AvgIpc) is 2.15. The van der Waals surface area contributed by atoms with Gasteiger partial charge >= 0.3 is 0 Å². The van der Waals surface area contributed by atoms with Crippen LogP contribution in [0.15, 0.2) is 6.07 Å². The molecule has 0 aliphatic rings. The second-order valence-electron chi connectivity index (χ2n) is 2.58. The number of nitrogens with two attached hydrogens (primary N) is 1. The van der Waals surface area contributed by atoms with Crippen LogP contribution in [0.5, 0.6) is 5.88 Å². The van der Waals surface area contributed by atoms with Crippen LogP contribution in [0, 0.1) is 3.57 Å². The third-order valence-corrected chi connectivity index (χ3v) is 2.47. The van der Waals surface area contributed by atoms with Crippen LogP contribution in [0.3, 0.4) is 0 Å². The molecule has 0 saturated carbocycles. The van der Waals surface area contributed by atoms with E-state index < -0.39 is 18.0 Å². The minimum absolute atomic E-state index is 0.0162. The Morgan fingerprint density at radius 2 is 2.27 bits per heavy atom. The van der Waals surface area contributed by atoms with E-state index in [1.165, 1.54) is 7.11 Å². The number of carbonyl (C=O) groups excluding carboxylic acids is 1. The number of halogens is 3. The summed E-state index contributed by atoms with van der Waals surface area (Å²) in [6.07, 6.45) is -2.71. The van der Waals surface area contributed by atoms with Crippen LogP contribution < -0.4 is 10.5 Å². The molecule has 1 heterocycles. The number of rotatable bonds is 3. The fourth-order valence-corrected chi connectivity index (χ4v) is 1.81. The van der Waals surface area contributed by atoms with E-state index >= 15 is 0 Å². The highest BCUT2D eigenvalue weighted by molar-refractivity contribution is 14.1. The lowest BCUT2D eigenvalue weighted by molar-refractivity contribution is 0.0994. The number of aromatic nitrogens is 1. The Hall–Kier alpha value is -0.990. The number of pyridine rings is 1. The van der Waals surface area contributed by atoms with Crippen molar-refractivity contribution < 1.29 is 18.3 Å². The van der Waals surface area contributed by atoms with Crippen LogP contribution in [-0.2, 0) is 0 Å². The van der Waals surface area contributed by atoms with E-state index in [1.54, 1.807) is 22.6 Å². The van der Waals surface area contributed by atoms with E-state index in [0.717, 1.165) is 6.07 Å². The van der Waals surface area contributed by atoms with Gasteiger partial charge in [0.1, 0.15) is 11.3 Å². The molecule has 82 valence electrons. The first-order valence-electron chi connectivity index (χ1n) is 3.79. The van der Waals surface area contributed by atoms with Crippen molar-refractivity contribution in [3.63, 3.8) is 0 Å². The Kier molecular flexibility index (Phi) is 3.77. The molecule has 0 saturated heterocycles. The molecule has 0 aromatic carbocycles. The first-order chi connectivity index (χ1) is 6.97. The SMILES string of the molecule is COc1nc(C(F)F)cc(I)c1C(N)=O. The summed E-state index contributed by atoms with van der Waals surface area (Å²) in [6, 6.07) is 1.10. The molecule has 2 N–H and O–H groups in total. The molecule has 0 unspecified atom stereocenters. The largest absolute Gasteiger partial charge is 0.480 e. The number of hydrogen-bond acceptors (Lipinski definition) is 3. The molecule has 0 radical (unpaired) electrons. The van der Waals surface area contributed by atoms with Crippen molar-refractivity contribution in [2.75, 3.05) is 7.11 Å². The Bertz CT molecular complexity index is 398. The molecule has 0 atom stereocenters. The lowest BCUT2D eigenvalue weighted by atomic mass is 10.2. The van der Waals surface area contributed by atoms with Crippen LogP contribution in [0.1, 0.15) is 22.5 Å². The Labute approximate surface area is 98.0 Å². The second kappa shape index (κ2) is 4.69. The molecule has 1 amide bonds. The molecular formula is C8H7F2IN2O2. The van der Waals surface area contributed by atoms with Crippen LogP contribution in [0.4, 0.5) is 8.78 Å². The highest BCUT2D eigenvalue weighted by Crippen LogP contribution is 2.26. The molecule has 0 aliphatic heterocycles. The third-order valence-electron chi connectivity index (χ3n) is 1.62. The molecule has 1 aromatic heterocycles. The van der Waals surface area contributed by atoms with E-state index in [4.69, 9.17) is 10.5 Å². The van der Waals surface area contributed by atoms with Crippen molar-refractivity contribution in [2.24, 2.45) is 5.73 Å². The number of amides is 1. The van der Waals surface area contributed by atoms with E-state index in [1.807, 2.05) is 0 Å². The maximum Gasteiger partial charge on any atom is 0.280 e. The van der Waals surface area contributed by atoms with Crippen LogP contribution in [-0.4, -0.2) is 18.0 Å². The van der Waals surface area contributed by atoms with Crippen molar-refractivity contribution in [3.05, 3.63) is 20.9 Å². The second-order valence-corrected chi connectivity index (χ2v) is 3.74. The van der Waals surface area contributed by atoms with Gasteiger partial charge in [-0.05, 0) is 28.7 Å². The first kappa shape index (κ1) is 12.1. The lowest BCUT2D eigenvalue weighted by Crippen LogP contribution is -2.16. The normalized spacial score (nSPS) is 10.5. The standard InChI is InChI=1S/C8H7F2IN2O2/c1-15-8-5(7(12)14)3(11)2-4(13-8)6(9)10/h2,6H,1H3,(H2,12,14). The van der Waals surface area contributed by atoms with Crippen molar-refractivity contribution in [1.82, 2.24) is 4.98 Å². The third kappa shape index (κ3) is 2.52. The molecule has 0 fully saturated rings. The number of ether oxygens (including phenoxy) is 1. The lowest BCUT2D eigenvalue weighted by Gasteiger charge is -2.08. The molecule has 1 aromatic rings. The number of alkyl halides is 2. The highest BCUT2D eigenvalue weighted by atomic mass is 127. The summed E-state index contributed by atoms with van der Waals surface area (Å²) in [5.41, 5.74) is 4.64. The number of methoxy groups -OCH3 is 1. The van der Waals surface area contributed by atoms with Gasteiger partial charge in [-0.3, -0.25) is 4.79 Å². The molecule has 1 rings (SSSR count). The van der Waals surface area contributed by atoms with E-state index in [2.05, 4.69) is 4.98 Å². The fourth-order valence-electron chi connectivity index (χ4n) is 0.992. The van der Waals surface area contributed by atoms with Crippen molar-refractivity contribution in [2.45, 2.75) is 6.43 Å². The molecule has 0 bridgehead atoms. The summed E-state index contributed by atoms with van der Waals surface area (Å²) in [7, 11) is 1.24. The predicted octanol–water partition coefficient (Wildman–Crippen LogP) is 1.73. The van der Waals surface area contributed by atoms with Gasteiger partial charge in [0.15, 0.2) is 0 Å². The Morgan fingerprint density at radius 3 is 2.67 bits per heavy atom. The smallest absolute Gasteiger partial charge is 0.280 e. The molecular weight excluding hydrogens is 321 g/mol. The van der Waals surface area contributed by atoms with Crippen molar-refractivity contribution in [3.8, 4) is 5.88 Å². The Morgan fingerprint density at radius 1 is 1.67 bits per heavy atom. The zero-order valence-corrected chi connectivity index (χ0v) is 9.79. The van der Waals surface area contributed by atoms with E-state index in [-0.39, 0.29) is 11.4 Å². The van der Waals surface area contributed by atoms with Gasteiger partial charge in [-0.25, -0.2) is 13.8 Å². The highest BCUT2D eigenvalue weighted by Gasteiger charge is 2.20. The zero-order valence-electron chi connectivity index (χ0n) is 7.63. The van der Waals surface area contributed by atoms with Gasteiger partial charge in [0.05, 0.1) is 7.11 Å². The quantitative estimate of drug-likeness (QED) is 0.860. The number of hydrogen-bond donors (Lipinski definition) is 1. The summed E-state index contributed by atoms with van der Waals surface area (Å²) < 4.78 is 29.7. The van der Waals surface area contributed by atoms with Crippen LogP contribution >= 0.6 is 22.6 Å². The maximum atomic E-state index is 12.4. The van der Waals surface area contributed by atoms with E-state index in [0.29, 0.717) is 3.57 Å². The molecule has 7 heteroatoms. The fraction of sp³-hybridized carbons (Fsp3) is 0.250. The van der Waals surface area contributed by atoms with Crippen molar-refractivity contribution >= 4 is 28.5 Å². The van der Waals surface area contributed by atoms with Gasteiger partial charge in [0.2, 0.25) is 5.88 Å². The molecule has 15 heavy (non-hydrogen) atoms. The summed E-state index contributed by atoms with van der Waals surface area (Å²) >= 11 is 1.73. The Balaban J connectivity index is 3.37. The van der Waals surface area contributed by atoms with Gasteiger partial charge in [-0.2, -0.15) is 0 Å². The summed E-state index contributed by atoms with van der Waals surface area (Å²) in [5.74, 6) is -0.936. The van der Waals surface area contributed by atoms with Gasteiger partial charge in [-0.15, -0.1) is 0 Å². The predicted molar refractivity (Wildman–Crippen MR) is 57.0 cm³/mol. The van der Waals surface area contributed by atoms with Gasteiger partial charge in [0, 0.05) is 3.57 Å². The topological polar surface area (TPSA) is 65.2 Å². The average molecular weight is 328 g/mol. The van der Waals surface area contributed by atoms with Gasteiger partial charge in [0.25, 0.3) is 12.3 Å². The number of carbonyl (C=O) groups is 1. The van der Waals surface area contributed by atoms with E-state index in [9.17, 15) is 13.6 Å². The minimum atomic E-state index is -2.71. The van der Waals surface area contributed by atoms with Crippen LogP contribution in [0.25, 0.3) is 0 Å². The van der Waals surface area contributed by atoms with Crippen LogP contribution in [0.2, 0.25) is 0 Å². The summed E-state index contributed by atoms with van der Waals surface area (Å²) in [5, 5.41) is 0. The first-order valence-corrected chi connectivity index (χ1v) is 4.87. The monoisotopic (exact) mass is 328 g/mol. The zero-order chi connectivity index (χ0) is 11.6. The van der Waals surface area contributed by atoms with Gasteiger partial charge in [-0.1, -0.05) is 0 Å². The van der Waals surface area contributed by atoms with Crippen molar-refractivity contribution in [1.29, 1.82) is 0 Å². The molecule has 0 spiro atoms. The number of primary amides is 1.